The lowest BCUT2D eigenvalue weighted by molar-refractivity contribution is 0.328. The SMILES string of the molecule is COc1ccc2c(c1)OCCN(c1ncnc3ccc(SC)cc13)C2. The largest absolute Gasteiger partial charge is 0.497 e. The lowest BCUT2D eigenvalue weighted by atomic mass is 10.1. The third-order valence-corrected chi connectivity index (χ3v) is 5.10. The van der Waals surface area contributed by atoms with Gasteiger partial charge < -0.3 is 14.4 Å². The molecule has 1 aliphatic rings. The molecular weight excluding hydrogens is 334 g/mol. The van der Waals surface area contributed by atoms with Crippen LogP contribution in [0, 0.1) is 0 Å². The van der Waals surface area contributed by atoms with E-state index >= 15 is 0 Å². The van der Waals surface area contributed by atoms with Crippen LogP contribution in [0.25, 0.3) is 10.9 Å². The van der Waals surface area contributed by atoms with Crippen LogP contribution in [0.5, 0.6) is 11.5 Å². The molecular formula is C19H19N3O2S. The van der Waals surface area contributed by atoms with Crippen molar-refractivity contribution in [3.05, 3.63) is 48.3 Å². The van der Waals surface area contributed by atoms with Crippen LogP contribution in [0.1, 0.15) is 5.56 Å². The predicted octanol–water partition coefficient (Wildman–Crippen LogP) is 3.76. The fourth-order valence-electron chi connectivity index (χ4n) is 3.06. The summed E-state index contributed by atoms with van der Waals surface area (Å²) < 4.78 is 11.2. The summed E-state index contributed by atoms with van der Waals surface area (Å²) in [5, 5.41) is 1.08. The van der Waals surface area contributed by atoms with E-state index in [1.54, 1.807) is 25.2 Å². The molecule has 0 saturated heterocycles. The van der Waals surface area contributed by atoms with E-state index in [1.807, 2.05) is 12.1 Å². The predicted molar refractivity (Wildman–Crippen MR) is 101 cm³/mol. The highest BCUT2D eigenvalue weighted by Crippen LogP contribution is 2.32. The third kappa shape index (κ3) is 3.09. The maximum atomic E-state index is 5.93. The van der Waals surface area contributed by atoms with Crippen LogP contribution >= 0.6 is 11.8 Å². The molecule has 2 heterocycles. The molecule has 6 heteroatoms. The van der Waals surface area contributed by atoms with Gasteiger partial charge in [-0.15, -0.1) is 11.8 Å². The molecule has 0 amide bonds. The summed E-state index contributed by atoms with van der Waals surface area (Å²) >= 11 is 1.72. The number of benzene rings is 2. The van der Waals surface area contributed by atoms with Crippen LogP contribution in [0.3, 0.4) is 0 Å². The van der Waals surface area contributed by atoms with Crippen molar-refractivity contribution in [1.29, 1.82) is 0 Å². The van der Waals surface area contributed by atoms with Gasteiger partial charge in [-0.3, -0.25) is 0 Å². The number of methoxy groups -OCH3 is 1. The molecule has 5 nitrogen and oxygen atoms in total. The van der Waals surface area contributed by atoms with Crippen LogP contribution in [0.2, 0.25) is 0 Å². The van der Waals surface area contributed by atoms with Crippen LogP contribution < -0.4 is 14.4 Å². The minimum absolute atomic E-state index is 0.605. The first-order chi connectivity index (χ1) is 12.3. The van der Waals surface area contributed by atoms with Gasteiger partial charge in [0, 0.05) is 28.5 Å². The van der Waals surface area contributed by atoms with Gasteiger partial charge in [0.1, 0.15) is 30.3 Å². The fraction of sp³-hybridized carbons (Fsp3) is 0.263. The van der Waals surface area contributed by atoms with Crippen molar-refractivity contribution in [2.75, 3.05) is 31.4 Å². The molecule has 0 bridgehead atoms. The first-order valence-corrected chi connectivity index (χ1v) is 9.34. The van der Waals surface area contributed by atoms with Gasteiger partial charge in [0.05, 0.1) is 19.2 Å². The van der Waals surface area contributed by atoms with Crippen molar-refractivity contribution in [2.24, 2.45) is 0 Å². The highest BCUT2D eigenvalue weighted by atomic mass is 32.2. The molecule has 2 aromatic carbocycles. The average molecular weight is 353 g/mol. The Labute approximate surface area is 151 Å². The zero-order chi connectivity index (χ0) is 17.2. The molecule has 25 heavy (non-hydrogen) atoms. The summed E-state index contributed by atoms with van der Waals surface area (Å²) in [4.78, 5) is 12.5. The summed E-state index contributed by atoms with van der Waals surface area (Å²) in [7, 11) is 1.67. The van der Waals surface area contributed by atoms with Gasteiger partial charge in [0.25, 0.3) is 0 Å². The van der Waals surface area contributed by atoms with Gasteiger partial charge in [-0.05, 0) is 36.6 Å². The highest BCUT2D eigenvalue weighted by molar-refractivity contribution is 7.98. The van der Waals surface area contributed by atoms with Gasteiger partial charge in [-0.1, -0.05) is 0 Å². The molecule has 0 N–H and O–H groups in total. The number of ether oxygens (including phenoxy) is 2. The zero-order valence-corrected chi connectivity index (χ0v) is 15.0. The molecule has 0 atom stereocenters. The number of nitrogens with zero attached hydrogens (tertiary/aromatic N) is 3. The summed E-state index contributed by atoms with van der Waals surface area (Å²) in [6.07, 6.45) is 3.71. The van der Waals surface area contributed by atoms with E-state index in [2.05, 4.69) is 45.4 Å². The Hall–Kier alpha value is -2.47. The van der Waals surface area contributed by atoms with E-state index in [4.69, 9.17) is 9.47 Å². The molecule has 0 radical (unpaired) electrons. The summed E-state index contributed by atoms with van der Waals surface area (Å²) in [5.41, 5.74) is 2.09. The minimum atomic E-state index is 0.605. The molecule has 1 aromatic heterocycles. The first-order valence-electron chi connectivity index (χ1n) is 8.12. The van der Waals surface area contributed by atoms with Crippen LogP contribution in [0.4, 0.5) is 5.82 Å². The molecule has 0 saturated carbocycles. The Kier molecular flexibility index (Phi) is 4.36. The second-order valence-corrected chi connectivity index (χ2v) is 6.70. The van der Waals surface area contributed by atoms with Crippen molar-refractivity contribution in [1.82, 2.24) is 9.97 Å². The fourth-order valence-corrected chi connectivity index (χ4v) is 3.50. The van der Waals surface area contributed by atoms with Gasteiger partial charge in [-0.25, -0.2) is 9.97 Å². The quantitative estimate of drug-likeness (QED) is 0.668. The lowest BCUT2D eigenvalue weighted by Gasteiger charge is -2.22. The number of anilines is 1. The van der Waals surface area contributed by atoms with Gasteiger partial charge in [0.2, 0.25) is 0 Å². The smallest absolute Gasteiger partial charge is 0.140 e. The monoisotopic (exact) mass is 353 g/mol. The normalized spacial score (nSPS) is 13.9. The van der Waals surface area contributed by atoms with Gasteiger partial charge in [0.15, 0.2) is 0 Å². The second-order valence-electron chi connectivity index (χ2n) is 5.82. The molecule has 0 aliphatic carbocycles. The van der Waals surface area contributed by atoms with Crippen LogP contribution in [0.15, 0.2) is 47.6 Å². The van der Waals surface area contributed by atoms with E-state index in [9.17, 15) is 0 Å². The van der Waals surface area contributed by atoms with E-state index in [-0.39, 0.29) is 0 Å². The maximum Gasteiger partial charge on any atom is 0.140 e. The van der Waals surface area contributed by atoms with E-state index in [0.717, 1.165) is 46.9 Å². The molecule has 128 valence electrons. The standard InChI is InChI=1S/C19H19N3O2S/c1-23-14-4-3-13-11-22(7-8-24-18(13)9-14)19-16-10-15(25-2)5-6-17(16)20-12-21-19/h3-6,9-10,12H,7-8,11H2,1-2H3. The highest BCUT2D eigenvalue weighted by Gasteiger charge is 2.19. The number of thioether (sulfide) groups is 1. The molecule has 0 unspecified atom stereocenters. The Morgan fingerprint density at radius 2 is 2.08 bits per heavy atom. The Bertz CT molecular complexity index is 916. The maximum absolute atomic E-state index is 5.93. The Morgan fingerprint density at radius 3 is 2.92 bits per heavy atom. The van der Waals surface area contributed by atoms with Crippen molar-refractivity contribution in [3.8, 4) is 11.5 Å². The number of rotatable bonds is 3. The van der Waals surface area contributed by atoms with Gasteiger partial charge in [-0.2, -0.15) is 0 Å². The van der Waals surface area contributed by atoms with Crippen LogP contribution in [-0.4, -0.2) is 36.5 Å². The van der Waals surface area contributed by atoms with Crippen LogP contribution in [-0.2, 0) is 6.54 Å². The molecule has 4 rings (SSSR count). The van der Waals surface area contributed by atoms with Crippen molar-refractivity contribution in [2.45, 2.75) is 11.4 Å². The zero-order valence-electron chi connectivity index (χ0n) is 14.2. The van der Waals surface area contributed by atoms with E-state index in [0.29, 0.717) is 6.61 Å². The number of aromatic nitrogens is 2. The van der Waals surface area contributed by atoms with Gasteiger partial charge >= 0.3 is 0 Å². The second kappa shape index (κ2) is 6.80. The van der Waals surface area contributed by atoms with Crippen molar-refractivity contribution >= 4 is 28.5 Å². The average Bonchev–Trinajstić information content (AvgIpc) is 2.88. The summed E-state index contributed by atoms with van der Waals surface area (Å²) in [5.74, 6) is 2.64. The Morgan fingerprint density at radius 1 is 1.16 bits per heavy atom. The Balaban J connectivity index is 1.75. The van der Waals surface area contributed by atoms with E-state index in [1.165, 1.54) is 4.90 Å². The van der Waals surface area contributed by atoms with E-state index < -0.39 is 0 Å². The number of fused-ring (bicyclic) bond motifs is 2. The third-order valence-electron chi connectivity index (χ3n) is 4.38. The van der Waals surface area contributed by atoms with Crippen molar-refractivity contribution < 1.29 is 9.47 Å². The van der Waals surface area contributed by atoms with Crippen molar-refractivity contribution in [3.63, 3.8) is 0 Å². The number of hydrogen-bond donors (Lipinski definition) is 0. The first kappa shape index (κ1) is 16.0. The topological polar surface area (TPSA) is 47.5 Å². The molecule has 0 fully saturated rings. The summed E-state index contributed by atoms with van der Waals surface area (Å²) in [6, 6.07) is 12.3. The molecule has 1 aliphatic heterocycles. The summed E-state index contributed by atoms with van der Waals surface area (Å²) in [6.45, 7) is 2.12. The lowest BCUT2D eigenvalue weighted by Crippen LogP contribution is -2.26. The minimum Gasteiger partial charge on any atom is -0.497 e. The molecule has 0 spiro atoms. The number of hydrogen-bond acceptors (Lipinski definition) is 6. The molecule has 3 aromatic rings.